The van der Waals surface area contributed by atoms with E-state index < -0.39 is 5.91 Å². The van der Waals surface area contributed by atoms with Crippen molar-refractivity contribution >= 4 is 45.9 Å². The standard InChI is InChI=1S/C21H22N4O3S/c1-13(26)23-9-10-29-18-8-4-7-16-19(17(21(22)27)12-24-20(16)18)25-14-5-3-6-15(11-14)28-2/h3-8,11-12H,9-10H2,1-2H3,(H2,22,27)(H,23,26)(H,24,25). The van der Waals surface area contributed by atoms with Crippen molar-refractivity contribution in [2.24, 2.45) is 5.73 Å². The summed E-state index contributed by atoms with van der Waals surface area (Å²) in [5.41, 5.74) is 8.02. The predicted molar refractivity (Wildman–Crippen MR) is 116 cm³/mol. The molecular formula is C21H22N4O3S. The molecule has 0 radical (unpaired) electrons. The number of pyridine rings is 1. The lowest BCUT2D eigenvalue weighted by atomic mass is 10.1. The summed E-state index contributed by atoms with van der Waals surface area (Å²) in [4.78, 5) is 28.5. The van der Waals surface area contributed by atoms with Crippen LogP contribution in [0.2, 0.25) is 0 Å². The first-order valence-electron chi connectivity index (χ1n) is 8.99. The van der Waals surface area contributed by atoms with E-state index in [1.807, 2.05) is 42.5 Å². The summed E-state index contributed by atoms with van der Waals surface area (Å²) in [7, 11) is 1.60. The number of nitrogens with two attached hydrogens (primary N) is 1. The molecule has 0 atom stereocenters. The van der Waals surface area contributed by atoms with Crippen LogP contribution in [0.15, 0.2) is 53.6 Å². The van der Waals surface area contributed by atoms with Gasteiger partial charge in [-0.2, -0.15) is 0 Å². The number of benzene rings is 2. The Labute approximate surface area is 173 Å². The highest BCUT2D eigenvalue weighted by Gasteiger charge is 2.16. The summed E-state index contributed by atoms with van der Waals surface area (Å²) in [6.07, 6.45) is 1.49. The summed E-state index contributed by atoms with van der Waals surface area (Å²) in [5.74, 6) is 0.783. The Balaban J connectivity index is 1.99. The number of nitrogens with one attached hydrogen (secondary N) is 2. The Hall–Kier alpha value is -3.26. The third kappa shape index (κ3) is 4.97. The quantitative estimate of drug-likeness (QED) is 0.389. The van der Waals surface area contributed by atoms with Gasteiger partial charge in [-0.25, -0.2) is 0 Å². The van der Waals surface area contributed by atoms with Crippen molar-refractivity contribution in [3.8, 4) is 5.75 Å². The number of amides is 2. The van der Waals surface area contributed by atoms with Gasteiger partial charge in [0.05, 0.1) is 23.9 Å². The largest absolute Gasteiger partial charge is 0.497 e. The SMILES string of the molecule is COc1cccc(Nc2c(C(N)=O)cnc3c(SCCNC(C)=O)cccc23)c1. The molecule has 2 amide bonds. The summed E-state index contributed by atoms with van der Waals surface area (Å²) in [5, 5.41) is 6.86. The fourth-order valence-corrected chi connectivity index (χ4v) is 3.77. The van der Waals surface area contributed by atoms with Gasteiger partial charge in [0.2, 0.25) is 5.91 Å². The van der Waals surface area contributed by atoms with Crippen LogP contribution in [-0.4, -0.2) is 36.2 Å². The minimum atomic E-state index is -0.562. The molecular weight excluding hydrogens is 388 g/mol. The monoisotopic (exact) mass is 410 g/mol. The van der Waals surface area contributed by atoms with Gasteiger partial charge >= 0.3 is 0 Å². The normalized spacial score (nSPS) is 10.6. The zero-order valence-electron chi connectivity index (χ0n) is 16.2. The van der Waals surface area contributed by atoms with Gasteiger partial charge in [-0.1, -0.05) is 18.2 Å². The van der Waals surface area contributed by atoms with Gasteiger partial charge in [0, 0.05) is 47.5 Å². The zero-order valence-corrected chi connectivity index (χ0v) is 17.0. The first-order chi connectivity index (χ1) is 14.0. The average molecular weight is 410 g/mol. The fourth-order valence-electron chi connectivity index (χ4n) is 2.87. The van der Waals surface area contributed by atoms with Gasteiger partial charge in [0.1, 0.15) is 5.75 Å². The van der Waals surface area contributed by atoms with E-state index in [4.69, 9.17) is 10.5 Å². The molecule has 3 aromatic rings. The summed E-state index contributed by atoms with van der Waals surface area (Å²) < 4.78 is 5.27. The summed E-state index contributed by atoms with van der Waals surface area (Å²) >= 11 is 1.59. The molecule has 0 bridgehead atoms. The van der Waals surface area contributed by atoms with Crippen LogP contribution in [0.4, 0.5) is 11.4 Å². The first kappa shape index (κ1) is 20.5. The predicted octanol–water partition coefficient (Wildman–Crippen LogP) is 3.31. The Morgan fingerprint density at radius 2 is 2.00 bits per heavy atom. The van der Waals surface area contributed by atoms with E-state index in [0.717, 1.165) is 21.5 Å². The Morgan fingerprint density at radius 1 is 1.21 bits per heavy atom. The fraction of sp³-hybridized carbons (Fsp3) is 0.190. The van der Waals surface area contributed by atoms with Gasteiger partial charge in [0.25, 0.3) is 5.91 Å². The minimum absolute atomic E-state index is 0.0579. The minimum Gasteiger partial charge on any atom is -0.497 e. The number of nitrogens with zero attached hydrogens (tertiary/aromatic N) is 1. The Bertz CT molecular complexity index is 1060. The molecule has 150 valence electrons. The van der Waals surface area contributed by atoms with Crippen molar-refractivity contribution in [3.05, 3.63) is 54.2 Å². The molecule has 0 aliphatic rings. The number of primary amides is 1. The summed E-state index contributed by atoms with van der Waals surface area (Å²) in [6.45, 7) is 2.05. The molecule has 0 saturated carbocycles. The van der Waals surface area contributed by atoms with Gasteiger partial charge in [-0.05, 0) is 18.2 Å². The molecule has 0 saturated heterocycles. The second kappa shape index (κ2) is 9.29. The van der Waals surface area contributed by atoms with E-state index in [2.05, 4.69) is 15.6 Å². The van der Waals surface area contributed by atoms with Gasteiger partial charge in [-0.15, -0.1) is 11.8 Å². The smallest absolute Gasteiger partial charge is 0.252 e. The number of fused-ring (bicyclic) bond motifs is 1. The molecule has 7 nitrogen and oxygen atoms in total. The number of thioether (sulfide) groups is 1. The van der Waals surface area contributed by atoms with Crippen molar-refractivity contribution in [3.63, 3.8) is 0 Å². The highest BCUT2D eigenvalue weighted by molar-refractivity contribution is 7.99. The molecule has 1 aromatic heterocycles. The van der Waals surface area contributed by atoms with Crippen LogP contribution < -0.4 is 21.1 Å². The lowest BCUT2D eigenvalue weighted by Gasteiger charge is -2.15. The van der Waals surface area contributed by atoms with Crippen LogP contribution in [0.3, 0.4) is 0 Å². The van der Waals surface area contributed by atoms with Gasteiger partial charge in [-0.3, -0.25) is 14.6 Å². The maximum Gasteiger partial charge on any atom is 0.252 e. The molecule has 4 N–H and O–H groups in total. The maximum absolute atomic E-state index is 12.0. The molecule has 0 spiro atoms. The molecule has 1 heterocycles. The number of rotatable bonds is 8. The summed E-state index contributed by atoms with van der Waals surface area (Å²) in [6, 6.07) is 13.2. The second-order valence-electron chi connectivity index (χ2n) is 6.25. The van der Waals surface area contributed by atoms with Crippen molar-refractivity contribution in [1.82, 2.24) is 10.3 Å². The van der Waals surface area contributed by atoms with Crippen LogP contribution in [-0.2, 0) is 4.79 Å². The number of hydrogen-bond acceptors (Lipinski definition) is 6. The van der Waals surface area contributed by atoms with Crippen molar-refractivity contribution in [2.45, 2.75) is 11.8 Å². The number of carbonyl (C=O) groups is 2. The zero-order chi connectivity index (χ0) is 20.8. The van der Waals surface area contributed by atoms with Crippen LogP contribution in [0.1, 0.15) is 17.3 Å². The van der Waals surface area contributed by atoms with Gasteiger partial charge in [0.15, 0.2) is 0 Å². The molecule has 0 fully saturated rings. The van der Waals surface area contributed by atoms with Crippen molar-refractivity contribution < 1.29 is 14.3 Å². The molecule has 2 aromatic carbocycles. The van der Waals surface area contributed by atoms with Crippen LogP contribution in [0, 0.1) is 0 Å². The van der Waals surface area contributed by atoms with E-state index in [1.165, 1.54) is 13.1 Å². The molecule has 0 aliphatic heterocycles. The molecule has 3 rings (SSSR count). The number of aromatic nitrogens is 1. The van der Waals surface area contributed by atoms with Crippen molar-refractivity contribution in [1.29, 1.82) is 0 Å². The second-order valence-corrected chi connectivity index (χ2v) is 7.39. The van der Waals surface area contributed by atoms with E-state index in [1.54, 1.807) is 18.9 Å². The Kier molecular flexibility index (Phi) is 6.56. The number of carbonyl (C=O) groups excluding carboxylic acids is 2. The first-order valence-corrected chi connectivity index (χ1v) is 9.98. The lowest BCUT2D eigenvalue weighted by Crippen LogP contribution is -2.22. The van der Waals surface area contributed by atoms with Gasteiger partial charge < -0.3 is 21.1 Å². The highest BCUT2D eigenvalue weighted by atomic mass is 32.2. The molecule has 0 unspecified atom stereocenters. The van der Waals surface area contributed by atoms with E-state index in [-0.39, 0.29) is 5.91 Å². The molecule has 8 heteroatoms. The molecule has 29 heavy (non-hydrogen) atoms. The molecule has 0 aliphatic carbocycles. The van der Waals surface area contributed by atoms with E-state index in [9.17, 15) is 9.59 Å². The van der Waals surface area contributed by atoms with E-state index in [0.29, 0.717) is 29.3 Å². The number of ether oxygens (including phenoxy) is 1. The maximum atomic E-state index is 12.0. The number of methoxy groups -OCH3 is 1. The average Bonchev–Trinajstić information content (AvgIpc) is 2.71. The number of anilines is 2. The third-order valence-corrected chi connectivity index (χ3v) is 5.25. The van der Waals surface area contributed by atoms with Crippen LogP contribution in [0.5, 0.6) is 5.75 Å². The Morgan fingerprint density at radius 3 is 2.72 bits per heavy atom. The topological polar surface area (TPSA) is 106 Å². The van der Waals surface area contributed by atoms with Crippen molar-refractivity contribution in [2.75, 3.05) is 24.7 Å². The third-order valence-electron chi connectivity index (χ3n) is 4.20. The number of para-hydroxylation sites is 1. The van der Waals surface area contributed by atoms with Crippen LogP contribution >= 0.6 is 11.8 Å². The van der Waals surface area contributed by atoms with E-state index >= 15 is 0 Å². The highest BCUT2D eigenvalue weighted by Crippen LogP contribution is 2.34. The lowest BCUT2D eigenvalue weighted by molar-refractivity contribution is -0.118. The van der Waals surface area contributed by atoms with Crippen LogP contribution in [0.25, 0.3) is 10.9 Å². The number of hydrogen-bond donors (Lipinski definition) is 3.